The zero-order valence-corrected chi connectivity index (χ0v) is 17.0. The molecule has 0 bridgehead atoms. The van der Waals surface area contributed by atoms with Crippen molar-refractivity contribution in [1.82, 2.24) is 9.88 Å². The summed E-state index contributed by atoms with van der Waals surface area (Å²) in [4.78, 5) is 38.8. The van der Waals surface area contributed by atoms with Crippen LogP contribution in [-0.2, 0) is 16.6 Å². The monoisotopic (exact) mass is 427 g/mol. The Balaban J connectivity index is 1.86. The molecule has 1 saturated heterocycles. The molecule has 0 saturated carbocycles. The molecule has 1 aliphatic heterocycles. The highest BCUT2D eigenvalue weighted by Crippen LogP contribution is 2.32. The highest BCUT2D eigenvalue weighted by atomic mass is 35.5. The van der Waals surface area contributed by atoms with E-state index in [-0.39, 0.29) is 16.3 Å². The van der Waals surface area contributed by atoms with E-state index in [4.69, 9.17) is 23.2 Å². The Morgan fingerprint density at radius 2 is 1.76 bits per heavy atom. The van der Waals surface area contributed by atoms with Crippen LogP contribution in [0.15, 0.2) is 48.0 Å². The lowest BCUT2D eigenvalue weighted by molar-refractivity contribution is -0.122. The van der Waals surface area contributed by atoms with Gasteiger partial charge < -0.3 is 4.57 Å². The first-order valence-electron chi connectivity index (χ1n) is 8.70. The van der Waals surface area contributed by atoms with Crippen LogP contribution in [0.5, 0.6) is 0 Å². The number of hydrogen-bond acceptors (Lipinski definition) is 3. The van der Waals surface area contributed by atoms with Gasteiger partial charge in [-0.25, -0.2) is 9.69 Å². The van der Waals surface area contributed by atoms with E-state index in [1.54, 1.807) is 0 Å². The number of carbonyl (C=O) groups excluding carboxylic acids is 3. The number of halogens is 2. The molecular weight excluding hydrogens is 413 g/mol. The number of benzene rings is 2. The number of imide groups is 2. The van der Waals surface area contributed by atoms with Gasteiger partial charge in [-0.1, -0.05) is 41.4 Å². The highest BCUT2D eigenvalue weighted by Gasteiger charge is 2.38. The van der Waals surface area contributed by atoms with Crippen LogP contribution in [0, 0.1) is 6.92 Å². The number of anilines is 1. The molecule has 3 aromatic rings. The standard InChI is InChI=1S/C21H15Cl2N3O3/c1-11-14(13-5-3-4-6-17(13)25(11)2)10-15-19(27)24-21(29)26(20(15)28)18-8-7-12(22)9-16(18)23/h3-10H,1-2H3,(H,24,27,29)/b15-10+. The molecule has 146 valence electrons. The van der Waals surface area contributed by atoms with Crippen LogP contribution in [0.25, 0.3) is 17.0 Å². The van der Waals surface area contributed by atoms with Gasteiger partial charge in [-0.2, -0.15) is 0 Å². The van der Waals surface area contributed by atoms with E-state index in [2.05, 4.69) is 5.32 Å². The second-order valence-corrected chi connectivity index (χ2v) is 7.47. The molecule has 8 heteroatoms. The highest BCUT2D eigenvalue weighted by molar-refractivity contribution is 6.43. The van der Waals surface area contributed by atoms with Gasteiger partial charge >= 0.3 is 6.03 Å². The number of para-hydroxylation sites is 1. The predicted molar refractivity (Wildman–Crippen MR) is 113 cm³/mol. The van der Waals surface area contributed by atoms with Gasteiger partial charge in [0.1, 0.15) is 5.57 Å². The fourth-order valence-electron chi connectivity index (χ4n) is 3.42. The minimum atomic E-state index is -0.865. The molecule has 2 heterocycles. The molecule has 29 heavy (non-hydrogen) atoms. The first-order valence-corrected chi connectivity index (χ1v) is 9.45. The van der Waals surface area contributed by atoms with Crippen molar-refractivity contribution in [3.05, 3.63) is 69.3 Å². The van der Waals surface area contributed by atoms with Crippen molar-refractivity contribution < 1.29 is 14.4 Å². The van der Waals surface area contributed by atoms with Crippen LogP contribution in [0.3, 0.4) is 0 Å². The molecule has 0 atom stereocenters. The van der Waals surface area contributed by atoms with Crippen molar-refractivity contribution in [2.45, 2.75) is 6.92 Å². The lowest BCUT2D eigenvalue weighted by atomic mass is 10.0. The van der Waals surface area contributed by atoms with Gasteiger partial charge in [0.05, 0.1) is 10.7 Å². The van der Waals surface area contributed by atoms with E-state index in [9.17, 15) is 14.4 Å². The molecule has 1 N–H and O–H groups in total. The molecule has 0 spiro atoms. The number of nitrogens with one attached hydrogen (secondary N) is 1. The number of carbonyl (C=O) groups is 3. The zero-order chi connectivity index (χ0) is 20.9. The summed E-state index contributed by atoms with van der Waals surface area (Å²) in [6, 6.07) is 11.2. The first-order chi connectivity index (χ1) is 13.8. The molecule has 0 radical (unpaired) electrons. The lowest BCUT2D eigenvalue weighted by Crippen LogP contribution is -2.54. The summed E-state index contributed by atoms with van der Waals surface area (Å²) in [5.41, 5.74) is 2.57. The Bertz CT molecular complexity index is 1240. The van der Waals surface area contributed by atoms with Crippen molar-refractivity contribution in [3.63, 3.8) is 0 Å². The summed E-state index contributed by atoms with van der Waals surface area (Å²) in [6.45, 7) is 1.90. The Hall–Kier alpha value is -3.09. The van der Waals surface area contributed by atoms with Crippen LogP contribution in [0.1, 0.15) is 11.3 Å². The average Bonchev–Trinajstić information content (AvgIpc) is 2.91. The summed E-state index contributed by atoms with van der Waals surface area (Å²) >= 11 is 12.1. The molecule has 1 aromatic heterocycles. The van der Waals surface area contributed by atoms with E-state index in [1.807, 2.05) is 42.8 Å². The topological polar surface area (TPSA) is 71.4 Å². The molecule has 4 amide bonds. The second-order valence-electron chi connectivity index (χ2n) is 6.63. The number of rotatable bonds is 2. The van der Waals surface area contributed by atoms with Crippen LogP contribution >= 0.6 is 23.2 Å². The normalized spacial score (nSPS) is 16.1. The van der Waals surface area contributed by atoms with Crippen molar-refractivity contribution >= 4 is 63.7 Å². The number of hydrogen-bond donors (Lipinski definition) is 1. The van der Waals surface area contributed by atoms with Gasteiger partial charge in [-0.15, -0.1) is 0 Å². The summed E-state index contributed by atoms with van der Waals surface area (Å²) < 4.78 is 1.98. The van der Waals surface area contributed by atoms with Gasteiger partial charge in [-0.3, -0.25) is 14.9 Å². The maximum atomic E-state index is 13.1. The third-order valence-electron chi connectivity index (χ3n) is 4.99. The number of barbiturate groups is 1. The lowest BCUT2D eigenvalue weighted by Gasteiger charge is -2.27. The molecule has 0 aliphatic carbocycles. The van der Waals surface area contributed by atoms with Crippen LogP contribution in [0.2, 0.25) is 10.0 Å². The summed E-state index contributed by atoms with van der Waals surface area (Å²) in [5.74, 6) is -1.51. The number of urea groups is 1. The molecule has 2 aromatic carbocycles. The molecular formula is C21H15Cl2N3O3. The minimum absolute atomic E-state index is 0.121. The fourth-order valence-corrected chi connectivity index (χ4v) is 3.91. The number of fused-ring (bicyclic) bond motifs is 1. The van der Waals surface area contributed by atoms with Gasteiger partial charge in [0.15, 0.2) is 0 Å². The number of nitrogens with zero attached hydrogens (tertiary/aromatic N) is 2. The summed E-state index contributed by atoms with van der Waals surface area (Å²) in [5, 5.41) is 3.59. The molecule has 0 unspecified atom stereocenters. The largest absolute Gasteiger partial charge is 0.347 e. The molecule has 1 fully saturated rings. The number of aromatic nitrogens is 1. The van der Waals surface area contributed by atoms with Crippen molar-refractivity contribution in [3.8, 4) is 0 Å². The van der Waals surface area contributed by atoms with E-state index in [0.29, 0.717) is 5.02 Å². The predicted octanol–water partition coefficient (Wildman–Crippen LogP) is 4.46. The third-order valence-corrected chi connectivity index (χ3v) is 5.53. The number of amides is 4. The van der Waals surface area contributed by atoms with Crippen molar-refractivity contribution in [1.29, 1.82) is 0 Å². The van der Waals surface area contributed by atoms with Gasteiger partial charge in [0, 0.05) is 34.2 Å². The Labute approximate surface area is 176 Å². The first kappa shape index (κ1) is 19.2. The maximum Gasteiger partial charge on any atom is 0.335 e. The second kappa shape index (κ2) is 7.06. The maximum absolute atomic E-state index is 13.1. The summed E-state index contributed by atoms with van der Waals surface area (Å²) in [7, 11) is 1.91. The van der Waals surface area contributed by atoms with E-state index < -0.39 is 17.8 Å². The Morgan fingerprint density at radius 1 is 1.03 bits per heavy atom. The van der Waals surface area contributed by atoms with E-state index in [1.165, 1.54) is 24.3 Å². The number of aryl methyl sites for hydroxylation is 1. The van der Waals surface area contributed by atoms with Gasteiger partial charge in [-0.05, 0) is 37.3 Å². The minimum Gasteiger partial charge on any atom is -0.347 e. The molecule has 1 aliphatic rings. The fraction of sp³-hybridized carbons (Fsp3) is 0.0952. The quantitative estimate of drug-likeness (QED) is 0.484. The van der Waals surface area contributed by atoms with E-state index in [0.717, 1.165) is 27.1 Å². The van der Waals surface area contributed by atoms with Crippen LogP contribution in [0.4, 0.5) is 10.5 Å². The SMILES string of the molecule is Cc1c(/C=C2\C(=O)NC(=O)N(c3ccc(Cl)cc3Cl)C2=O)c2ccccc2n1C. The van der Waals surface area contributed by atoms with Gasteiger partial charge in [0.2, 0.25) is 0 Å². The Morgan fingerprint density at radius 3 is 2.48 bits per heavy atom. The van der Waals surface area contributed by atoms with Crippen molar-refractivity contribution in [2.24, 2.45) is 7.05 Å². The summed E-state index contributed by atoms with van der Waals surface area (Å²) in [6.07, 6.45) is 1.51. The third kappa shape index (κ3) is 3.10. The van der Waals surface area contributed by atoms with Gasteiger partial charge in [0.25, 0.3) is 11.8 Å². The average molecular weight is 428 g/mol. The molecule has 4 rings (SSSR count). The van der Waals surface area contributed by atoms with Crippen molar-refractivity contribution in [2.75, 3.05) is 4.90 Å². The van der Waals surface area contributed by atoms with Crippen LogP contribution < -0.4 is 10.2 Å². The van der Waals surface area contributed by atoms with E-state index >= 15 is 0 Å². The molecule has 6 nitrogen and oxygen atoms in total. The Kier molecular flexibility index (Phi) is 4.68. The van der Waals surface area contributed by atoms with Crippen LogP contribution in [-0.4, -0.2) is 22.4 Å². The zero-order valence-electron chi connectivity index (χ0n) is 15.5. The smallest absolute Gasteiger partial charge is 0.335 e.